The molecule has 35 nitrogen and oxygen atoms in total. The predicted octanol–water partition coefficient (Wildman–Crippen LogP) is 0.466. The third kappa shape index (κ3) is 26.2. The van der Waals surface area contributed by atoms with Gasteiger partial charge in [-0.1, -0.05) is 0 Å². The Morgan fingerprint density at radius 2 is 0.570 bits per heavy atom. The van der Waals surface area contributed by atoms with Gasteiger partial charge in [-0.25, -0.2) is 28.8 Å². The molecule has 496 valence electrons. The molecule has 0 aliphatic heterocycles. The molecule has 0 aliphatic carbocycles. The van der Waals surface area contributed by atoms with E-state index < -0.39 is 162 Å². The van der Waals surface area contributed by atoms with Crippen molar-refractivity contribution in [2.75, 3.05) is 119 Å². The second kappa shape index (κ2) is 38.3. The average molecular weight is 1310 g/mol. The number of esters is 7. The van der Waals surface area contributed by atoms with Crippen molar-refractivity contribution in [3.05, 3.63) is 119 Å². The second-order valence-electron chi connectivity index (χ2n) is 18.9. The highest BCUT2D eigenvalue weighted by Crippen LogP contribution is 2.25. The highest BCUT2D eigenvalue weighted by atomic mass is 16.6. The van der Waals surface area contributed by atoms with Crippen molar-refractivity contribution >= 4 is 120 Å². The molecule has 0 radical (unpaired) electrons. The van der Waals surface area contributed by atoms with Gasteiger partial charge in [0.15, 0.2) is 52.5 Å². The van der Waals surface area contributed by atoms with E-state index in [1.165, 1.54) is 82.6 Å². The summed E-state index contributed by atoms with van der Waals surface area (Å²) in [5, 5.41) is 37.0. The van der Waals surface area contributed by atoms with Gasteiger partial charge in [0.25, 0.3) is 25.9 Å². The maximum Gasteiger partial charge on any atom is 0.344 e. The molecule has 4 N–H and O–H groups in total. The van der Waals surface area contributed by atoms with Gasteiger partial charge in [-0.2, -0.15) is 0 Å². The van der Waals surface area contributed by atoms with E-state index in [0.717, 1.165) is 34.1 Å². The monoisotopic (exact) mass is 1310 g/mol. The Bertz CT molecular complexity index is 3010. The maximum absolute atomic E-state index is 13.5. The number of carbonyl (C=O) groups is 16. The Morgan fingerprint density at radius 1 is 0.323 bits per heavy atom. The summed E-state index contributed by atoms with van der Waals surface area (Å²) >= 11 is 0. The molecule has 4 aromatic carbocycles. The lowest BCUT2D eigenvalue weighted by Crippen LogP contribution is -2.44. The summed E-state index contributed by atoms with van der Waals surface area (Å²) in [6, 6.07) is 20.0. The number of anilines is 4. The fraction of sp³-hybridized carbons (Fsp3) is 0.310. The van der Waals surface area contributed by atoms with Crippen LogP contribution >= 0.6 is 0 Å². The normalized spacial score (nSPS) is 10.5. The molecule has 35 heteroatoms. The molecular weight excluding hydrogens is 1250 g/mol. The van der Waals surface area contributed by atoms with Gasteiger partial charge in [-0.3, -0.25) is 47.9 Å². The minimum atomic E-state index is -2.20. The Labute approximate surface area is 524 Å². The summed E-state index contributed by atoms with van der Waals surface area (Å²) in [4.78, 5) is 199. The number of Topliss-reactive ketones (excluding diaryl/α,β-unsaturated/α-hetero) is 1. The van der Waals surface area contributed by atoms with Gasteiger partial charge in [0.2, 0.25) is 0 Å². The minimum absolute atomic E-state index is 0.0672. The molecular formula is C58H58N4O31. The molecule has 0 saturated heterocycles. The van der Waals surface area contributed by atoms with Crippen LogP contribution in [-0.4, -0.2) is 217 Å². The molecule has 0 saturated carbocycles. The lowest BCUT2D eigenvalue weighted by atomic mass is 9.92. The number of carboxylic acids is 4. The van der Waals surface area contributed by atoms with Crippen LogP contribution in [0.2, 0.25) is 0 Å². The Balaban J connectivity index is 1.60. The van der Waals surface area contributed by atoms with E-state index in [1.54, 1.807) is 0 Å². The third-order valence-electron chi connectivity index (χ3n) is 12.1. The quantitative estimate of drug-likeness (QED) is 0.0154. The standard InChI is InChI=1S/C58H58N4O31/c63-34-83-30-61(31-84-35-64)44-9-1-38(2-10-44)46(67)17-18-51(76)90-26-58(27-91-52(77)23-87-55(80)39-3-11-42(12-4-39)59(19-47(68)69)20-48(70)71,28-92-53(78)24-88-56(81)40-5-13-43(14-6-40)60(21-49(72)73)22-50(74)75)29-93-54(79)25-89-57(82)41-7-15-45(16-8-41)62(32-85-36-65)33-86-37-66/h1-16,34-37H,17-33H2,(H,68,69)(H,70,71)(H,72,73)(H,74,75). The Hall–Kier alpha value is -12.2. The van der Waals surface area contributed by atoms with Crippen molar-refractivity contribution in [1.82, 2.24) is 0 Å². The highest BCUT2D eigenvalue weighted by molar-refractivity contribution is 5.98. The number of benzene rings is 4. The van der Waals surface area contributed by atoms with Crippen LogP contribution < -0.4 is 19.6 Å². The first-order chi connectivity index (χ1) is 44.5. The third-order valence-corrected chi connectivity index (χ3v) is 12.1. The summed E-state index contributed by atoms with van der Waals surface area (Å²) in [5.74, 6) is -14.6. The molecule has 0 unspecified atom stereocenters. The lowest BCUT2D eigenvalue weighted by molar-refractivity contribution is -0.174. The van der Waals surface area contributed by atoms with E-state index in [-0.39, 0.29) is 86.4 Å². The summed E-state index contributed by atoms with van der Waals surface area (Å²) in [6.45, 7) is -11.4. The molecule has 0 spiro atoms. The number of ketones is 1. The number of aliphatic carboxylic acids is 4. The number of hydrogen-bond donors (Lipinski definition) is 4. The van der Waals surface area contributed by atoms with Gasteiger partial charge in [-0.05, 0) is 97.1 Å². The molecule has 4 rings (SSSR count). The summed E-state index contributed by atoms with van der Waals surface area (Å²) < 4.78 is 55.8. The van der Waals surface area contributed by atoms with Crippen LogP contribution in [0, 0.1) is 5.41 Å². The van der Waals surface area contributed by atoms with Gasteiger partial charge in [0, 0.05) is 34.7 Å². The molecule has 0 heterocycles. The molecule has 4 aromatic rings. The predicted molar refractivity (Wildman–Crippen MR) is 304 cm³/mol. The van der Waals surface area contributed by atoms with Gasteiger partial charge in [0.1, 0.15) is 58.0 Å². The van der Waals surface area contributed by atoms with E-state index in [2.05, 4.69) is 0 Å². The average Bonchev–Trinajstić information content (AvgIpc) is 1.24. The van der Waals surface area contributed by atoms with E-state index >= 15 is 0 Å². The summed E-state index contributed by atoms with van der Waals surface area (Å²) in [6.07, 6.45) is -1.17. The molecule has 0 aromatic heterocycles. The van der Waals surface area contributed by atoms with Crippen molar-refractivity contribution < 1.29 is 149 Å². The molecule has 0 bridgehead atoms. The van der Waals surface area contributed by atoms with Crippen molar-refractivity contribution in [3.8, 4) is 0 Å². The Kier molecular flexibility index (Phi) is 30.1. The maximum atomic E-state index is 13.5. The zero-order chi connectivity index (χ0) is 68.3. The number of ether oxygens (including phenoxy) is 11. The van der Waals surface area contributed by atoms with Crippen molar-refractivity contribution in [3.63, 3.8) is 0 Å². The Morgan fingerprint density at radius 3 is 0.828 bits per heavy atom. The van der Waals surface area contributed by atoms with Gasteiger partial charge < -0.3 is 92.1 Å². The van der Waals surface area contributed by atoms with Gasteiger partial charge >= 0.3 is 65.7 Å². The van der Waals surface area contributed by atoms with E-state index in [0.29, 0.717) is 11.4 Å². The zero-order valence-corrected chi connectivity index (χ0v) is 48.7. The van der Waals surface area contributed by atoms with Crippen molar-refractivity contribution in [1.29, 1.82) is 0 Å². The van der Waals surface area contributed by atoms with Gasteiger partial charge in [-0.15, -0.1) is 0 Å². The number of carboxylic acid groups (broad SMARTS) is 4. The number of nitrogens with zero attached hydrogens (tertiary/aromatic N) is 4. The van der Waals surface area contributed by atoms with Crippen LogP contribution in [0.5, 0.6) is 0 Å². The smallest absolute Gasteiger partial charge is 0.344 e. The summed E-state index contributed by atoms with van der Waals surface area (Å²) in [7, 11) is 0. The van der Waals surface area contributed by atoms with Crippen LogP contribution in [-0.2, 0) is 110 Å². The molecule has 0 amide bonds. The fourth-order valence-electron chi connectivity index (χ4n) is 7.63. The number of carbonyl (C=O) groups excluding carboxylic acids is 12. The first-order valence-corrected chi connectivity index (χ1v) is 26.6. The molecule has 93 heavy (non-hydrogen) atoms. The minimum Gasteiger partial charge on any atom is -0.480 e. The van der Waals surface area contributed by atoms with Crippen molar-refractivity contribution in [2.24, 2.45) is 5.41 Å². The van der Waals surface area contributed by atoms with Crippen LogP contribution in [0.25, 0.3) is 0 Å². The number of rotatable bonds is 45. The topological polar surface area (TPSA) is 469 Å². The molecule has 0 aliphatic rings. The number of hydrogen-bond acceptors (Lipinski definition) is 31. The van der Waals surface area contributed by atoms with Gasteiger partial charge in [0.05, 0.1) is 23.1 Å². The van der Waals surface area contributed by atoms with Crippen LogP contribution in [0.4, 0.5) is 22.7 Å². The largest absolute Gasteiger partial charge is 0.480 e. The fourth-order valence-corrected chi connectivity index (χ4v) is 7.63. The molecule has 0 atom stereocenters. The van der Waals surface area contributed by atoms with Crippen LogP contribution in [0.3, 0.4) is 0 Å². The first kappa shape index (κ1) is 73.3. The van der Waals surface area contributed by atoms with E-state index in [4.69, 9.17) is 52.1 Å². The zero-order valence-electron chi connectivity index (χ0n) is 48.7. The van der Waals surface area contributed by atoms with E-state index in [1.807, 2.05) is 0 Å². The lowest BCUT2D eigenvalue weighted by Gasteiger charge is -2.31. The SMILES string of the molecule is O=COCN(COC=O)c1ccc(C(=O)CCC(=O)OCC(COC(=O)COC(=O)c2ccc(N(COC=O)COC=O)cc2)(COC(=O)COC(=O)c2ccc(N(CC(=O)O)CC(=O)O)cc2)COC(=O)COC(=O)c2ccc(N(CC(=O)O)CC(=O)O)cc2)cc1. The second-order valence-corrected chi connectivity index (χ2v) is 18.9. The van der Waals surface area contributed by atoms with E-state index in [9.17, 15) is 97.1 Å². The first-order valence-electron chi connectivity index (χ1n) is 26.6. The van der Waals surface area contributed by atoms with Crippen molar-refractivity contribution in [2.45, 2.75) is 12.8 Å². The highest BCUT2D eigenvalue weighted by Gasteiger charge is 2.39. The molecule has 0 fully saturated rings. The van der Waals surface area contributed by atoms with Crippen LogP contribution in [0.1, 0.15) is 54.3 Å². The van der Waals surface area contributed by atoms with Crippen LogP contribution in [0.15, 0.2) is 97.1 Å². The summed E-state index contributed by atoms with van der Waals surface area (Å²) in [5.41, 5.74) is -1.93.